The number of hydrogen-bond donors (Lipinski definition) is 1. The summed E-state index contributed by atoms with van der Waals surface area (Å²) in [6, 6.07) is 10.0. The van der Waals surface area contributed by atoms with Gasteiger partial charge in [0.2, 0.25) is 11.8 Å². The lowest BCUT2D eigenvalue weighted by atomic mass is 10.1. The summed E-state index contributed by atoms with van der Waals surface area (Å²) in [5, 5.41) is 3.17. The highest BCUT2D eigenvalue weighted by molar-refractivity contribution is 6.32. The molecule has 1 aliphatic heterocycles. The van der Waals surface area contributed by atoms with Gasteiger partial charge in [0.25, 0.3) is 0 Å². The molecule has 3 rings (SSSR count). The molecule has 1 heterocycles. The number of ether oxygens (including phenoxy) is 2. The zero-order chi connectivity index (χ0) is 18.8. The maximum Gasteiger partial charge on any atom is 0.248 e. The number of halogens is 1. The first-order valence-electron chi connectivity index (χ1n) is 8.06. The molecule has 0 bridgehead atoms. The summed E-state index contributed by atoms with van der Waals surface area (Å²) in [4.78, 5) is 26.5. The third kappa shape index (κ3) is 3.20. The number of nitrogens with one attached hydrogen (secondary N) is 1. The molecule has 136 valence electrons. The van der Waals surface area contributed by atoms with E-state index in [0.29, 0.717) is 28.6 Å². The van der Waals surface area contributed by atoms with Crippen molar-refractivity contribution in [2.45, 2.75) is 19.4 Å². The Labute approximate surface area is 156 Å². The summed E-state index contributed by atoms with van der Waals surface area (Å²) >= 11 is 6.16. The van der Waals surface area contributed by atoms with Gasteiger partial charge in [-0.05, 0) is 17.7 Å². The first kappa shape index (κ1) is 18.1. The van der Waals surface area contributed by atoms with Crippen LogP contribution in [0.2, 0.25) is 5.02 Å². The van der Waals surface area contributed by atoms with Crippen LogP contribution in [0.3, 0.4) is 0 Å². The van der Waals surface area contributed by atoms with E-state index in [0.717, 1.165) is 11.3 Å². The molecule has 2 amide bonds. The van der Waals surface area contributed by atoms with Crippen molar-refractivity contribution in [3.63, 3.8) is 0 Å². The van der Waals surface area contributed by atoms with Gasteiger partial charge in [0.05, 0.1) is 24.9 Å². The number of hydrogen-bond acceptors (Lipinski definition) is 4. The number of benzene rings is 2. The number of methoxy groups -OCH3 is 2. The fourth-order valence-corrected chi connectivity index (χ4v) is 3.40. The molecular weight excluding hydrogens is 356 g/mol. The summed E-state index contributed by atoms with van der Waals surface area (Å²) in [5.74, 6) is 0.371. The van der Waals surface area contributed by atoms with E-state index in [4.69, 9.17) is 21.1 Å². The molecule has 2 aromatic carbocycles. The van der Waals surface area contributed by atoms with Gasteiger partial charge in [-0.15, -0.1) is 0 Å². The molecule has 26 heavy (non-hydrogen) atoms. The largest absolute Gasteiger partial charge is 0.495 e. The van der Waals surface area contributed by atoms with Crippen molar-refractivity contribution >= 4 is 34.8 Å². The van der Waals surface area contributed by atoms with E-state index in [-0.39, 0.29) is 11.8 Å². The predicted octanol–water partition coefficient (Wildman–Crippen LogP) is 3.27. The van der Waals surface area contributed by atoms with Gasteiger partial charge in [-0.25, -0.2) is 0 Å². The Kier molecular flexibility index (Phi) is 5.04. The van der Waals surface area contributed by atoms with Crippen LogP contribution in [0.25, 0.3) is 0 Å². The average molecular weight is 375 g/mol. The fourth-order valence-electron chi connectivity index (χ4n) is 3.16. The Bertz CT molecular complexity index is 869. The summed E-state index contributed by atoms with van der Waals surface area (Å²) in [5.41, 5.74) is 2.14. The molecule has 0 aliphatic carbocycles. The summed E-state index contributed by atoms with van der Waals surface area (Å²) in [6.45, 7) is 1.45. The Morgan fingerprint density at radius 2 is 1.85 bits per heavy atom. The molecule has 0 aromatic heterocycles. The lowest BCUT2D eigenvalue weighted by molar-refractivity contribution is -0.122. The Balaban J connectivity index is 1.89. The molecular formula is C19H19ClN2O4. The highest BCUT2D eigenvalue weighted by atomic mass is 35.5. The molecule has 1 aliphatic rings. The van der Waals surface area contributed by atoms with Crippen LogP contribution < -0.4 is 19.7 Å². The van der Waals surface area contributed by atoms with Gasteiger partial charge in [-0.1, -0.05) is 29.8 Å². The van der Waals surface area contributed by atoms with Crippen LogP contribution in [0, 0.1) is 0 Å². The monoisotopic (exact) mass is 374 g/mol. The van der Waals surface area contributed by atoms with E-state index in [1.54, 1.807) is 12.1 Å². The van der Waals surface area contributed by atoms with Crippen LogP contribution in [-0.4, -0.2) is 32.1 Å². The molecule has 0 unspecified atom stereocenters. The van der Waals surface area contributed by atoms with Crippen LogP contribution in [-0.2, 0) is 16.0 Å². The Hall–Kier alpha value is -2.73. The Morgan fingerprint density at radius 3 is 2.50 bits per heavy atom. The normalized spacial score (nSPS) is 15.4. The van der Waals surface area contributed by atoms with Gasteiger partial charge in [-0.2, -0.15) is 0 Å². The minimum Gasteiger partial charge on any atom is -0.495 e. The van der Waals surface area contributed by atoms with Crippen molar-refractivity contribution in [1.82, 2.24) is 0 Å². The van der Waals surface area contributed by atoms with Gasteiger partial charge in [-0.3, -0.25) is 14.5 Å². The second-order valence-electron chi connectivity index (χ2n) is 5.91. The smallest absolute Gasteiger partial charge is 0.248 e. The van der Waals surface area contributed by atoms with Crippen LogP contribution in [0.5, 0.6) is 11.5 Å². The lowest BCUT2D eigenvalue weighted by Crippen LogP contribution is -2.44. The molecule has 1 atom stereocenters. The topological polar surface area (TPSA) is 67.9 Å². The van der Waals surface area contributed by atoms with Gasteiger partial charge in [0.15, 0.2) is 0 Å². The second-order valence-corrected chi connectivity index (χ2v) is 6.32. The van der Waals surface area contributed by atoms with E-state index >= 15 is 0 Å². The zero-order valence-corrected chi connectivity index (χ0v) is 15.5. The quantitative estimate of drug-likeness (QED) is 0.891. The predicted molar refractivity (Wildman–Crippen MR) is 100 cm³/mol. The van der Waals surface area contributed by atoms with Crippen LogP contribution >= 0.6 is 11.6 Å². The summed E-state index contributed by atoms with van der Waals surface area (Å²) in [7, 11) is 2.99. The second kappa shape index (κ2) is 7.25. The molecule has 1 N–H and O–H groups in total. The molecule has 2 aromatic rings. The SMILES string of the molecule is COc1cc(OC)c(NC(=O)[C@H]2Cc3ccccc3N2C(C)=O)cc1Cl. The van der Waals surface area contributed by atoms with Gasteiger partial charge in [0.1, 0.15) is 17.5 Å². The number of anilines is 2. The van der Waals surface area contributed by atoms with E-state index in [2.05, 4.69) is 5.32 Å². The molecule has 0 spiro atoms. The number of nitrogens with zero attached hydrogens (tertiary/aromatic N) is 1. The number of para-hydroxylation sites is 1. The maximum atomic E-state index is 12.9. The standard InChI is InChI=1S/C19H19ClN2O4/c1-11(23)22-15-7-5-4-6-12(15)8-16(22)19(24)21-14-9-13(20)17(25-2)10-18(14)26-3/h4-7,9-10,16H,8H2,1-3H3,(H,21,24)/t16-/m1/s1. The van der Waals surface area contributed by atoms with E-state index in [1.807, 2.05) is 24.3 Å². The highest BCUT2D eigenvalue weighted by Crippen LogP contribution is 2.37. The summed E-state index contributed by atoms with van der Waals surface area (Å²) in [6.07, 6.45) is 0.452. The third-order valence-electron chi connectivity index (χ3n) is 4.35. The first-order valence-corrected chi connectivity index (χ1v) is 8.44. The highest BCUT2D eigenvalue weighted by Gasteiger charge is 2.37. The summed E-state index contributed by atoms with van der Waals surface area (Å²) < 4.78 is 10.5. The number of carbonyl (C=O) groups excluding carboxylic acids is 2. The fraction of sp³-hybridized carbons (Fsp3) is 0.263. The number of fused-ring (bicyclic) bond motifs is 1. The number of rotatable bonds is 4. The van der Waals surface area contributed by atoms with E-state index in [9.17, 15) is 9.59 Å². The van der Waals surface area contributed by atoms with Crippen molar-refractivity contribution in [3.8, 4) is 11.5 Å². The van der Waals surface area contributed by atoms with E-state index in [1.165, 1.54) is 26.0 Å². The van der Waals surface area contributed by atoms with Gasteiger partial charge < -0.3 is 14.8 Å². The van der Waals surface area contributed by atoms with E-state index < -0.39 is 6.04 Å². The van der Waals surface area contributed by atoms with Crippen molar-refractivity contribution in [1.29, 1.82) is 0 Å². The Morgan fingerprint density at radius 1 is 1.15 bits per heavy atom. The van der Waals surface area contributed by atoms with Gasteiger partial charge in [0, 0.05) is 25.1 Å². The molecule has 0 radical (unpaired) electrons. The van der Waals surface area contributed by atoms with Crippen molar-refractivity contribution in [2.75, 3.05) is 24.4 Å². The molecule has 0 saturated carbocycles. The average Bonchev–Trinajstić information content (AvgIpc) is 3.02. The first-order chi connectivity index (χ1) is 12.5. The van der Waals surface area contributed by atoms with Crippen molar-refractivity contribution in [3.05, 3.63) is 47.0 Å². The van der Waals surface area contributed by atoms with Crippen LogP contribution in [0.4, 0.5) is 11.4 Å². The van der Waals surface area contributed by atoms with Crippen LogP contribution in [0.1, 0.15) is 12.5 Å². The lowest BCUT2D eigenvalue weighted by Gasteiger charge is -2.24. The van der Waals surface area contributed by atoms with Crippen molar-refractivity contribution < 1.29 is 19.1 Å². The number of amides is 2. The maximum absolute atomic E-state index is 12.9. The number of carbonyl (C=O) groups is 2. The van der Waals surface area contributed by atoms with Crippen LogP contribution in [0.15, 0.2) is 36.4 Å². The molecule has 0 fully saturated rings. The van der Waals surface area contributed by atoms with Crippen molar-refractivity contribution in [2.24, 2.45) is 0 Å². The molecule has 7 heteroatoms. The molecule has 6 nitrogen and oxygen atoms in total. The zero-order valence-electron chi connectivity index (χ0n) is 14.7. The minimum absolute atomic E-state index is 0.185. The molecule has 0 saturated heterocycles. The third-order valence-corrected chi connectivity index (χ3v) is 4.65. The minimum atomic E-state index is -0.629. The van der Waals surface area contributed by atoms with Gasteiger partial charge >= 0.3 is 0 Å².